The fraction of sp³-hybridized carbons (Fsp3) is 0.833. The molecule has 0 aromatic carbocycles. The van der Waals surface area contributed by atoms with Crippen molar-refractivity contribution in [2.24, 2.45) is 0 Å². The van der Waals surface area contributed by atoms with Crippen LogP contribution in [0.5, 0.6) is 0 Å². The predicted octanol–water partition coefficient (Wildman–Crippen LogP) is 3.07. The molecule has 0 saturated heterocycles. The molecule has 0 fully saturated rings. The summed E-state index contributed by atoms with van der Waals surface area (Å²) in [5.74, 6) is 5.20. The van der Waals surface area contributed by atoms with Crippen LogP contribution < -0.4 is 0 Å². The van der Waals surface area contributed by atoms with Gasteiger partial charge >= 0.3 is 0 Å². The number of aliphatic hydroxyl groups is 1. The fourth-order valence-electron chi connectivity index (χ4n) is 0.979. The van der Waals surface area contributed by atoms with E-state index in [1.807, 2.05) is 0 Å². The van der Waals surface area contributed by atoms with E-state index in [0.29, 0.717) is 0 Å². The highest BCUT2D eigenvalue weighted by Gasteiger charge is 2.23. The molecule has 1 N–H and O–H groups in total. The summed E-state index contributed by atoms with van der Waals surface area (Å²) in [7, 11) is 0. The molecule has 2 heteroatoms. The van der Waals surface area contributed by atoms with Crippen LogP contribution in [0.3, 0.4) is 0 Å². The minimum Gasteiger partial charge on any atom is -0.386 e. The third-order valence-electron chi connectivity index (χ3n) is 2.00. The molecule has 14 heavy (non-hydrogen) atoms. The third-order valence-corrected chi connectivity index (χ3v) is 2.00. The maximum atomic E-state index is 13.1. The van der Waals surface area contributed by atoms with E-state index < -0.39 is 11.8 Å². The Morgan fingerprint density at radius 3 is 2.43 bits per heavy atom. The second kappa shape index (κ2) is 6.84. The minimum absolute atomic E-state index is 0.733. The zero-order chi connectivity index (χ0) is 11.0. The van der Waals surface area contributed by atoms with E-state index in [1.165, 1.54) is 26.7 Å². The fourth-order valence-corrected chi connectivity index (χ4v) is 0.979. The molecule has 1 atom stereocenters. The number of hydrogen-bond donors (Lipinski definition) is 1. The van der Waals surface area contributed by atoms with Crippen LogP contribution in [0.1, 0.15) is 52.9 Å². The Kier molecular flexibility index (Phi) is 6.57. The maximum Gasteiger partial charge on any atom is 0.188 e. The Hall–Kier alpha value is -0.550. The van der Waals surface area contributed by atoms with Crippen molar-refractivity contribution in [2.45, 2.75) is 64.6 Å². The van der Waals surface area contributed by atoms with Crippen molar-refractivity contribution in [3.8, 4) is 11.8 Å². The SMILES string of the molecule is CCCCCCC#CC(F)C(C)(C)O. The number of alkyl halides is 1. The van der Waals surface area contributed by atoms with E-state index in [-0.39, 0.29) is 0 Å². The van der Waals surface area contributed by atoms with Crippen molar-refractivity contribution in [3.05, 3.63) is 0 Å². The first kappa shape index (κ1) is 13.4. The van der Waals surface area contributed by atoms with E-state index in [1.54, 1.807) is 0 Å². The molecule has 1 unspecified atom stereocenters. The van der Waals surface area contributed by atoms with Crippen molar-refractivity contribution in [1.82, 2.24) is 0 Å². The molecule has 0 aromatic rings. The van der Waals surface area contributed by atoms with Crippen LogP contribution >= 0.6 is 0 Å². The van der Waals surface area contributed by atoms with E-state index >= 15 is 0 Å². The van der Waals surface area contributed by atoms with Crippen molar-refractivity contribution in [3.63, 3.8) is 0 Å². The summed E-state index contributed by atoms with van der Waals surface area (Å²) in [5, 5.41) is 9.25. The van der Waals surface area contributed by atoms with Gasteiger partial charge < -0.3 is 5.11 Å². The lowest BCUT2D eigenvalue weighted by molar-refractivity contribution is 0.0227. The first-order valence-corrected chi connectivity index (χ1v) is 5.33. The Labute approximate surface area is 86.7 Å². The van der Waals surface area contributed by atoms with Gasteiger partial charge in [-0.1, -0.05) is 32.1 Å². The van der Waals surface area contributed by atoms with Crippen LogP contribution in [0.15, 0.2) is 0 Å². The molecule has 0 amide bonds. The van der Waals surface area contributed by atoms with E-state index in [4.69, 9.17) is 0 Å². The number of unbranched alkanes of at least 4 members (excludes halogenated alkanes) is 4. The number of halogens is 1. The maximum absolute atomic E-state index is 13.1. The van der Waals surface area contributed by atoms with Gasteiger partial charge in [0.1, 0.15) is 5.60 Å². The lowest BCUT2D eigenvalue weighted by Gasteiger charge is -2.16. The molecule has 0 spiro atoms. The van der Waals surface area contributed by atoms with E-state index in [9.17, 15) is 9.50 Å². The number of rotatable bonds is 5. The quantitative estimate of drug-likeness (QED) is 0.534. The Morgan fingerprint density at radius 1 is 1.29 bits per heavy atom. The first-order chi connectivity index (χ1) is 6.48. The lowest BCUT2D eigenvalue weighted by atomic mass is 10.0. The van der Waals surface area contributed by atoms with Crippen molar-refractivity contribution < 1.29 is 9.50 Å². The molecule has 1 nitrogen and oxygen atoms in total. The van der Waals surface area contributed by atoms with E-state index in [2.05, 4.69) is 18.8 Å². The second-order valence-electron chi connectivity index (χ2n) is 4.15. The average Bonchev–Trinajstić information content (AvgIpc) is 2.09. The normalized spacial score (nSPS) is 13.2. The molecular formula is C12H21FO. The van der Waals surface area contributed by atoms with Gasteiger partial charge in [0.15, 0.2) is 6.17 Å². The molecule has 0 heterocycles. The van der Waals surface area contributed by atoms with E-state index in [0.717, 1.165) is 19.3 Å². The summed E-state index contributed by atoms with van der Waals surface area (Å²) < 4.78 is 13.1. The van der Waals surface area contributed by atoms with Crippen molar-refractivity contribution in [2.75, 3.05) is 0 Å². The van der Waals surface area contributed by atoms with Gasteiger partial charge in [0, 0.05) is 6.42 Å². The van der Waals surface area contributed by atoms with Crippen LogP contribution in [0.2, 0.25) is 0 Å². The largest absolute Gasteiger partial charge is 0.386 e. The second-order valence-corrected chi connectivity index (χ2v) is 4.15. The molecule has 0 radical (unpaired) electrons. The molecule has 0 aromatic heterocycles. The molecule has 0 rings (SSSR count). The average molecular weight is 200 g/mol. The standard InChI is InChI=1S/C12H21FO/c1-4-5-6-7-8-9-10-11(13)12(2,3)14/h11,14H,4-8H2,1-3H3. The Bertz CT molecular complexity index is 195. The molecule has 0 saturated carbocycles. The van der Waals surface area contributed by atoms with Gasteiger partial charge in [-0.15, -0.1) is 5.92 Å². The van der Waals surface area contributed by atoms with Gasteiger partial charge in [-0.2, -0.15) is 0 Å². The smallest absolute Gasteiger partial charge is 0.188 e. The van der Waals surface area contributed by atoms with Gasteiger partial charge in [0.2, 0.25) is 0 Å². The number of hydrogen-bond acceptors (Lipinski definition) is 1. The molecule has 0 aliphatic carbocycles. The van der Waals surface area contributed by atoms with Crippen LogP contribution in [0.4, 0.5) is 4.39 Å². The monoisotopic (exact) mass is 200 g/mol. The Balaban J connectivity index is 3.62. The highest BCUT2D eigenvalue weighted by molar-refractivity contribution is 5.09. The van der Waals surface area contributed by atoms with Gasteiger partial charge in [0.25, 0.3) is 0 Å². The highest BCUT2D eigenvalue weighted by Crippen LogP contribution is 2.11. The summed E-state index contributed by atoms with van der Waals surface area (Å²) in [6, 6.07) is 0. The Morgan fingerprint density at radius 2 is 1.93 bits per heavy atom. The highest BCUT2D eigenvalue weighted by atomic mass is 19.1. The summed E-state index contributed by atoms with van der Waals surface area (Å²) in [5.41, 5.74) is -1.34. The summed E-state index contributed by atoms with van der Waals surface area (Å²) >= 11 is 0. The summed E-state index contributed by atoms with van der Waals surface area (Å²) in [6.07, 6.45) is 3.89. The minimum atomic E-state index is -1.44. The van der Waals surface area contributed by atoms with Crippen molar-refractivity contribution in [1.29, 1.82) is 0 Å². The van der Waals surface area contributed by atoms with Gasteiger partial charge in [-0.25, -0.2) is 4.39 Å². The predicted molar refractivity (Wildman–Crippen MR) is 57.7 cm³/mol. The third kappa shape index (κ3) is 6.91. The van der Waals surface area contributed by atoms with Crippen LogP contribution in [-0.2, 0) is 0 Å². The molecule has 0 aliphatic heterocycles. The topological polar surface area (TPSA) is 20.2 Å². The van der Waals surface area contributed by atoms with Crippen LogP contribution in [-0.4, -0.2) is 16.9 Å². The van der Waals surface area contributed by atoms with Crippen LogP contribution in [0.25, 0.3) is 0 Å². The molecule has 82 valence electrons. The van der Waals surface area contributed by atoms with Gasteiger partial charge in [-0.05, 0) is 20.3 Å². The first-order valence-electron chi connectivity index (χ1n) is 5.33. The summed E-state index contributed by atoms with van der Waals surface area (Å²) in [6.45, 7) is 5.02. The molecule has 0 bridgehead atoms. The lowest BCUT2D eigenvalue weighted by Crippen LogP contribution is -2.31. The van der Waals surface area contributed by atoms with Gasteiger partial charge in [-0.3, -0.25) is 0 Å². The zero-order valence-corrected chi connectivity index (χ0v) is 9.44. The molecular weight excluding hydrogens is 179 g/mol. The summed E-state index contributed by atoms with van der Waals surface area (Å²) in [4.78, 5) is 0. The van der Waals surface area contributed by atoms with Crippen LogP contribution in [0, 0.1) is 11.8 Å². The molecule has 0 aliphatic rings. The zero-order valence-electron chi connectivity index (χ0n) is 9.44. The van der Waals surface area contributed by atoms with Crippen molar-refractivity contribution >= 4 is 0 Å². The van der Waals surface area contributed by atoms with Gasteiger partial charge in [0.05, 0.1) is 0 Å².